The van der Waals surface area contributed by atoms with Crippen LogP contribution in [0.5, 0.6) is 0 Å². The van der Waals surface area contributed by atoms with Crippen molar-refractivity contribution in [3.63, 3.8) is 0 Å². The summed E-state index contributed by atoms with van der Waals surface area (Å²) in [6, 6.07) is 14.6. The Hall–Kier alpha value is -3.78. The Morgan fingerprint density at radius 2 is 1.80 bits per heavy atom. The summed E-state index contributed by atoms with van der Waals surface area (Å²) in [5.74, 6) is -0.323. The highest BCUT2D eigenvalue weighted by Gasteiger charge is 2.18. The average molecular weight is 418 g/mol. The number of aryl methyl sites for hydroxylation is 1. The zero-order valence-electron chi connectivity index (χ0n) is 16.1. The molecule has 4 aromatic rings. The third-order valence-electron chi connectivity index (χ3n) is 4.57. The van der Waals surface area contributed by atoms with Crippen LogP contribution < -0.4 is 5.32 Å². The van der Waals surface area contributed by atoms with Crippen LogP contribution in [0.15, 0.2) is 89.1 Å². The minimum atomic E-state index is -3.69. The number of pyridine rings is 1. The number of hydrogen-bond donors (Lipinski definition) is 1. The number of nitrogens with zero attached hydrogens (tertiary/aromatic N) is 3. The van der Waals surface area contributed by atoms with E-state index in [4.69, 9.17) is 0 Å². The molecule has 1 N–H and O–H groups in total. The molecule has 7 nitrogen and oxygen atoms in total. The summed E-state index contributed by atoms with van der Waals surface area (Å²) in [5, 5.41) is 7.71. The molecule has 2 heterocycles. The molecule has 0 bridgehead atoms. The fourth-order valence-electron chi connectivity index (χ4n) is 2.97. The summed E-state index contributed by atoms with van der Waals surface area (Å²) in [4.78, 5) is 16.4. The highest BCUT2D eigenvalue weighted by atomic mass is 32.2. The number of carbonyl (C=O) groups excluding carboxylic acids is 1. The van der Waals surface area contributed by atoms with Crippen molar-refractivity contribution in [2.24, 2.45) is 7.05 Å². The van der Waals surface area contributed by atoms with E-state index in [2.05, 4.69) is 15.4 Å². The van der Waals surface area contributed by atoms with Gasteiger partial charge in [-0.15, -0.1) is 0 Å². The third-order valence-corrected chi connectivity index (χ3v) is 6.34. The van der Waals surface area contributed by atoms with Gasteiger partial charge in [0.1, 0.15) is 0 Å². The number of rotatable bonds is 5. The van der Waals surface area contributed by atoms with Crippen LogP contribution in [-0.2, 0) is 21.7 Å². The van der Waals surface area contributed by atoms with E-state index in [1.54, 1.807) is 72.8 Å². The predicted molar refractivity (Wildman–Crippen MR) is 115 cm³/mol. The maximum atomic E-state index is 13.0. The molecule has 2 aromatic carbocycles. The summed E-state index contributed by atoms with van der Waals surface area (Å²) < 4.78 is 27.6. The van der Waals surface area contributed by atoms with Gasteiger partial charge in [-0.2, -0.15) is 5.10 Å². The molecule has 0 spiro atoms. The van der Waals surface area contributed by atoms with E-state index in [0.717, 1.165) is 16.5 Å². The molecule has 4 rings (SSSR count). The van der Waals surface area contributed by atoms with Crippen LogP contribution in [0.3, 0.4) is 0 Å². The highest BCUT2D eigenvalue weighted by molar-refractivity contribution is 7.91. The molecule has 0 radical (unpaired) electrons. The van der Waals surface area contributed by atoms with Gasteiger partial charge in [0.15, 0.2) is 0 Å². The zero-order chi connectivity index (χ0) is 21.1. The lowest BCUT2D eigenvalue weighted by molar-refractivity contribution is -0.111. The van der Waals surface area contributed by atoms with Gasteiger partial charge in [0.2, 0.25) is 15.7 Å². The van der Waals surface area contributed by atoms with Crippen molar-refractivity contribution in [2.75, 3.05) is 5.32 Å². The first-order chi connectivity index (χ1) is 14.4. The molecule has 1 amide bonds. The number of sulfone groups is 1. The number of hydrogen-bond acceptors (Lipinski definition) is 5. The second-order valence-electron chi connectivity index (χ2n) is 6.63. The van der Waals surface area contributed by atoms with Crippen LogP contribution in [0.25, 0.3) is 17.0 Å². The number of amides is 1. The van der Waals surface area contributed by atoms with E-state index in [1.165, 1.54) is 18.2 Å². The number of fused-ring (bicyclic) bond motifs is 1. The largest absolute Gasteiger partial charge is 0.323 e. The standard InChI is InChI=1S/C22H18N4O3S/c1-26-21-13-20(8-5-17(21)15-24-26)30(28,29)19-9-6-18(7-10-19)25-22(27)11-4-16-3-2-12-23-14-16/h2-15H,1H3,(H,25,27). The summed E-state index contributed by atoms with van der Waals surface area (Å²) in [7, 11) is -1.93. The van der Waals surface area contributed by atoms with E-state index in [9.17, 15) is 13.2 Å². The summed E-state index contributed by atoms with van der Waals surface area (Å²) >= 11 is 0. The molecule has 30 heavy (non-hydrogen) atoms. The first-order valence-corrected chi connectivity index (χ1v) is 10.6. The van der Waals surface area contributed by atoms with Gasteiger partial charge in [0.05, 0.1) is 21.5 Å². The molecule has 0 fully saturated rings. The van der Waals surface area contributed by atoms with E-state index in [0.29, 0.717) is 5.69 Å². The van der Waals surface area contributed by atoms with Crippen molar-refractivity contribution in [3.8, 4) is 0 Å². The van der Waals surface area contributed by atoms with Gasteiger partial charge >= 0.3 is 0 Å². The number of aromatic nitrogens is 3. The van der Waals surface area contributed by atoms with Crippen LogP contribution in [-0.4, -0.2) is 29.1 Å². The Bertz CT molecular complexity index is 1340. The lowest BCUT2D eigenvalue weighted by Gasteiger charge is -2.07. The lowest BCUT2D eigenvalue weighted by Crippen LogP contribution is -2.08. The molecule has 0 unspecified atom stereocenters. The molecule has 2 aromatic heterocycles. The van der Waals surface area contributed by atoms with Crippen molar-refractivity contribution in [3.05, 3.63) is 84.8 Å². The normalized spacial score (nSPS) is 11.8. The second kappa shape index (κ2) is 7.92. The molecule has 150 valence electrons. The van der Waals surface area contributed by atoms with Gasteiger partial charge < -0.3 is 5.32 Å². The number of carbonyl (C=O) groups is 1. The van der Waals surface area contributed by atoms with E-state index in [-0.39, 0.29) is 15.7 Å². The predicted octanol–water partition coefficient (Wildman–Crippen LogP) is 3.45. The molecule has 0 aliphatic rings. The Kier molecular flexibility index (Phi) is 5.16. The molecule has 0 saturated carbocycles. The van der Waals surface area contributed by atoms with Crippen molar-refractivity contribution in [1.29, 1.82) is 0 Å². The number of anilines is 1. The van der Waals surface area contributed by atoms with Gasteiger partial charge in [0.25, 0.3) is 0 Å². The fourth-order valence-corrected chi connectivity index (χ4v) is 4.26. The molecule has 0 saturated heterocycles. The van der Waals surface area contributed by atoms with E-state index < -0.39 is 9.84 Å². The Labute approximate surface area is 173 Å². The van der Waals surface area contributed by atoms with Crippen molar-refractivity contribution >= 4 is 38.4 Å². The quantitative estimate of drug-likeness (QED) is 0.501. The van der Waals surface area contributed by atoms with Gasteiger partial charge in [-0.05, 0) is 60.2 Å². The van der Waals surface area contributed by atoms with Gasteiger partial charge in [-0.1, -0.05) is 6.07 Å². The smallest absolute Gasteiger partial charge is 0.248 e. The lowest BCUT2D eigenvalue weighted by atomic mass is 10.2. The monoisotopic (exact) mass is 418 g/mol. The van der Waals surface area contributed by atoms with Crippen LogP contribution in [0.1, 0.15) is 5.56 Å². The van der Waals surface area contributed by atoms with Crippen LogP contribution in [0, 0.1) is 0 Å². The minimum absolute atomic E-state index is 0.146. The van der Waals surface area contributed by atoms with Gasteiger partial charge in [-0.3, -0.25) is 14.5 Å². The van der Waals surface area contributed by atoms with Crippen LogP contribution in [0.2, 0.25) is 0 Å². The first-order valence-electron chi connectivity index (χ1n) is 9.09. The van der Waals surface area contributed by atoms with Gasteiger partial charge in [0, 0.05) is 36.6 Å². The number of nitrogens with one attached hydrogen (secondary N) is 1. The topological polar surface area (TPSA) is 94.0 Å². The van der Waals surface area contributed by atoms with Crippen molar-refractivity contribution in [1.82, 2.24) is 14.8 Å². The third kappa shape index (κ3) is 3.99. The Balaban J connectivity index is 1.51. The Morgan fingerprint density at radius 1 is 1.03 bits per heavy atom. The maximum Gasteiger partial charge on any atom is 0.248 e. The second-order valence-corrected chi connectivity index (χ2v) is 8.58. The molecule has 8 heteroatoms. The fraction of sp³-hybridized carbons (Fsp3) is 0.0455. The summed E-state index contributed by atoms with van der Waals surface area (Å²) in [6.07, 6.45) is 8.03. The van der Waals surface area contributed by atoms with E-state index in [1.807, 2.05) is 6.07 Å². The minimum Gasteiger partial charge on any atom is -0.323 e. The van der Waals surface area contributed by atoms with E-state index >= 15 is 0 Å². The SMILES string of the molecule is Cn1ncc2ccc(S(=O)(=O)c3ccc(NC(=O)C=Cc4cccnc4)cc3)cc21. The highest BCUT2D eigenvalue weighted by Crippen LogP contribution is 2.25. The Morgan fingerprint density at radius 3 is 2.53 bits per heavy atom. The molecule has 0 aliphatic heterocycles. The molecular formula is C22H18N4O3S. The van der Waals surface area contributed by atoms with Crippen LogP contribution >= 0.6 is 0 Å². The van der Waals surface area contributed by atoms with Gasteiger partial charge in [-0.25, -0.2) is 8.42 Å². The molecule has 0 aliphatic carbocycles. The average Bonchev–Trinajstić information content (AvgIpc) is 3.14. The maximum absolute atomic E-state index is 13.0. The van der Waals surface area contributed by atoms with Crippen molar-refractivity contribution < 1.29 is 13.2 Å². The summed E-state index contributed by atoms with van der Waals surface area (Å²) in [6.45, 7) is 0. The summed E-state index contributed by atoms with van der Waals surface area (Å²) in [5.41, 5.74) is 2.04. The zero-order valence-corrected chi connectivity index (χ0v) is 16.9. The van der Waals surface area contributed by atoms with Crippen molar-refractivity contribution in [2.45, 2.75) is 9.79 Å². The van der Waals surface area contributed by atoms with Crippen LogP contribution in [0.4, 0.5) is 5.69 Å². The first kappa shape index (κ1) is 19.5. The molecular weight excluding hydrogens is 400 g/mol. The molecule has 0 atom stereocenters. The number of benzene rings is 2.